The molecule has 1 fully saturated rings. The standard InChI is InChI=1S/C5H2F8O3/c6-1(7)3(14,15)2(8,4(9,10)11)16-5(1,12)13/h14-15H. The average molecular weight is 262 g/mol. The summed E-state index contributed by atoms with van der Waals surface area (Å²) in [4.78, 5) is 0. The minimum absolute atomic E-state index is 2.16. The van der Waals surface area contributed by atoms with E-state index in [2.05, 4.69) is 4.74 Å². The number of hydrogen-bond acceptors (Lipinski definition) is 3. The summed E-state index contributed by atoms with van der Waals surface area (Å²) in [5.74, 6) is -17.9. The Kier molecular flexibility index (Phi) is 2.31. The van der Waals surface area contributed by atoms with Crippen LogP contribution in [0.2, 0.25) is 0 Å². The van der Waals surface area contributed by atoms with Crippen LogP contribution in [0.15, 0.2) is 0 Å². The molecule has 1 saturated heterocycles. The smallest absolute Gasteiger partial charge is 0.356 e. The summed E-state index contributed by atoms with van der Waals surface area (Å²) in [5, 5.41) is 16.4. The zero-order valence-electron chi connectivity index (χ0n) is 6.83. The Balaban J connectivity index is 3.41. The molecule has 0 saturated carbocycles. The summed E-state index contributed by atoms with van der Waals surface area (Å²) in [6.07, 6.45) is -12.5. The molecule has 0 aromatic carbocycles. The molecule has 3 nitrogen and oxygen atoms in total. The average Bonchev–Trinajstić information content (AvgIpc) is 2.07. The maximum Gasteiger partial charge on any atom is 0.454 e. The lowest BCUT2D eigenvalue weighted by Crippen LogP contribution is -2.64. The van der Waals surface area contributed by atoms with Crippen LogP contribution in [-0.4, -0.2) is 40.1 Å². The molecule has 0 aromatic rings. The van der Waals surface area contributed by atoms with Gasteiger partial charge in [-0.25, -0.2) is 0 Å². The van der Waals surface area contributed by atoms with Gasteiger partial charge in [-0.1, -0.05) is 0 Å². The van der Waals surface area contributed by atoms with Crippen molar-refractivity contribution in [2.24, 2.45) is 0 Å². The van der Waals surface area contributed by atoms with Gasteiger partial charge < -0.3 is 10.2 Å². The summed E-state index contributed by atoms with van der Waals surface area (Å²) >= 11 is 0. The Morgan fingerprint density at radius 3 is 1.38 bits per heavy atom. The highest BCUT2D eigenvalue weighted by molar-refractivity contribution is 5.10. The van der Waals surface area contributed by atoms with Gasteiger partial charge in [-0.3, -0.25) is 4.74 Å². The Morgan fingerprint density at radius 2 is 1.25 bits per heavy atom. The summed E-state index contributed by atoms with van der Waals surface area (Å²) in [6.45, 7) is 0. The molecule has 0 bridgehead atoms. The first-order valence-corrected chi connectivity index (χ1v) is 3.37. The van der Waals surface area contributed by atoms with E-state index in [4.69, 9.17) is 10.2 Å². The van der Waals surface area contributed by atoms with Crippen LogP contribution in [0.3, 0.4) is 0 Å². The second-order valence-corrected chi connectivity index (χ2v) is 2.96. The van der Waals surface area contributed by atoms with Crippen molar-refractivity contribution in [3.63, 3.8) is 0 Å². The van der Waals surface area contributed by atoms with E-state index in [9.17, 15) is 35.1 Å². The van der Waals surface area contributed by atoms with E-state index in [0.717, 1.165) is 0 Å². The van der Waals surface area contributed by atoms with Crippen molar-refractivity contribution >= 4 is 0 Å². The van der Waals surface area contributed by atoms with Crippen molar-refractivity contribution in [2.45, 2.75) is 29.8 Å². The summed E-state index contributed by atoms with van der Waals surface area (Å²) in [5.41, 5.74) is 0. The molecule has 96 valence electrons. The lowest BCUT2D eigenvalue weighted by atomic mass is 10.0. The SMILES string of the molecule is OC1(O)C(F)(F)C(F)(F)OC1(F)C(F)(F)F. The van der Waals surface area contributed by atoms with Gasteiger partial charge in [0.1, 0.15) is 0 Å². The van der Waals surface area contributed by atoms with Gasteiger partial charge in [-0.15, -0.1) is 0 Å². The molecule has 0 aliphatic carbocycles. The second-order valence-electron chi connectivity index (χ2n) is 2.96. The lowest BCUT2D eigenvalue weighted by molar-refractivity contribution is -0.428. The van der Waals surface area contributed by atoms with Crippen molar-refractivity contribution in [1.29, 1.82) is 0 Å². The molecule has 1 atom stereocenters. The molecule has 16 heavy (non-hydrogen) atoms. The molecule has 1 rings (SSSR count). The monoisotopic (exact) mass is 262 g/mol. The van der Waals surface area contributed by atoms with Gasteiger partial charge in [-0.05, 0) is 0 Å². The van der Waals surface area contributed by atoms with Gasteiger partial charge in [0.05, 0.1) is 0 Å². The first-order chi connectivity index (χ1) is 6.71. The zero-order valence-corrected chi connectivity index (χ0v) is 6.83. The van der Waals surface area contributed by atoms with Gasteiger partial charge in [0, 0.05) is 0 Å². The van der Waals surface area contributed by atoms with E-state index in [1.165, 1.54) is 0 Å². The third-order valence-corrected chi connectivity index (χ3v) is 1.89. The Labute approximate surface area is 81.2 Å². The Morgan fingerprint density at radius 1 is 0.875 bits per heavy atom. The number of hydrogen-bond donors (Lipinski definition) is 2. The second kappa shape index (κ2) is 2.76. The predicted octanol–water partition coefficient (Wildman–Crippen LogP) is 1.15. The van der Waals surface area contributed by atoms with Crippen LogP contribution in [0, 0.1) is 0 Å². The van der Waals surface area contributed by atoms with Crippen molar-refractivity contribution in [2.75, 3.05) is 0 Å². The summed E-state index contributed by atoms with van der Waals surface area (Å²) in [6, 6.07) is 0. The van der Waals surface area contributed by atoms with Crippen LogP contribution in [0.25, 0.3) is 0 Å². The van der Waals surface area contributed by atoms with E-state index in [1.807, 2.05) is 0 Å². The van der Waals surface area contributed by atoms with Crippen LogP contribution >= 0.6 is 0 Å². The fourth-order valence-corrected chi connectivity index (χ4v) is 0.972. The van der Waals surface area contributed by atoms with Gasteiger partial charge in [0.15, 0.2) is 0 Å². The molecule has 1 aliphatic rings. The Hall–Kier alpha value is -0.680. The quantitative estimate of drug-likeness (QED) is 0.508. The molecular formula is C5H2F8O3. The molecule has 0 amide bonds. The first kappa shape index (κ1) is 13.4. The molecular weight excluding hydrogens is 260 g/mol. The van der Waals surface area contributed by atoms with Crippen LogP contribution in [-0.2, 0) is 4.74 Å². The molecule has 1 aliphatic heterocycles. The lowest BCUT2D eigenvalue weighted by Gasteiger charge is -2.31. The highest BCUT2D eigenvalue weighted by Gasteiger charge is 2.93. The van der Waals surface area contributed by atoms with Crippen LogP contribution in [0.5, 0.6) is 0 Å². The highest BCUT2D eigenvalue weighted by Crippen LogP contribution is 2.61. The largest absolute Gasteiger partial charge is 0.454 e. The van der Waals surface area contributed by atoms with E-state index >= 15 is 0 Å². The number of alkyl halides is 8. The fraction of sp³-hybridized carbons (Fsp3) is 1.00. The van der Waals surface area contributed by atoms with Crippen molar-refractivity contribution in [3.8, 4) is 0 Å². The summed E-state index contributed by atoms with van der Waals surface area (Å²) < 4.78 is 99.7. The first-order valence-electron chi connectivity index (χ1n) is 3.37. The predicted molar refractivity (Wildman–Crippen MR) is 28.0 cm³/mol. The van der Waals surface area contributed by atoms with Gasteiger partial charge in [0.25, 0.3) is 0 Å². The van der Waals surface area contributed by atoms with Crippen molar-refractivity contribution in [1.82, 2.24) is 0 Å². The fourth-order valence-electron chi connectivity index (χ4n) is 0.972. The molecule has 11 heteroatoms. The van der Waals surface area contributed by atoms with Crippen molar-refractivity contribution in [3.05, 3.63) is 0 Å². The van der Waals surface area contributed by atoms with E-state index in [1.54, 1.807) is 0 Å². The third kappa shape index (κ3) is 1.18. The molecule has 1 heterocycles. The van der Waals surface area contributed by atoms with Crippen molar-refractivity contribution < 1.29 is 50.1 Å². The molecule has 0 aromatic heterocycles. The van der Waals surface area contributed by atoms with Gasteiger partial charge in [-0.2, -0.15) is 35.1 Å². The minimum atomic E-state index is -6.49. The van der Waals surface area contributed by atoms with Gasteiger partial charge in [0.2, 0.25) is 0 Å². The Bertz CT molecular complexity index is 309. The highest BCUT2D eigenvalue weighted by atomic mass is 19.4. The maximum absolute atomic E-state index is 12.8. The number of ether oxygens (including phenoxy) is 1. The molecule has 0 radical (unpaired) electrons. The minimum Gasteiger partial charge on any atom is -0.356 e. The summed E-state index contributed by atoms with van der Waals surface area (Å²) in [7, 11) is 0. The van der Waals surface area contributed by atoms with Gasteiger partial charge >= 0.3 is 29.8 Å². The third-order valence-electron chi connectivity index (χ3n) is 1.89. The topological polar surface area (TPSA) is 49.7 Å². The van der Waals surface area contributed by atoms with Crippen LogP contribution in [0.1, 0.15) is 0 Å². The number of halogens is 8. The molecule has 0 spiro atoms. The van der Waals surface area contributed by atoms with E-state index < -0.39 is 29.8 Å². The normalized spacial score (nSPS) is 36.4. The van der Waals surface area contributed by atoms with E-state index in [-0.39, 0.29) is 0 Å². The molecule has 1 unspecified atom stereocenters. The van der Waals surface area contributed by atoms with E-state index in [0.29, 0.717) is 0 Å². The number of rotatable bonds is 0. The molecule has 2 N–H and O–H groups in total. The van der Waals surface area contributed by atoms with Crippen LogP contribution < -0.4 is 0 Å². The number of aliphatic hydroxyl groups is 2. The van der Waals surface area contributed by atoms with Crippen LogP contribution in [0.4, 0.5) is 35.1 Å². The zero-order chi connectivity index (χ0) is 13.2. The maximum atomic E-state index is 12.8.